The molecule has 0 saturated heterocycles. The second-order valence-corrected chi connectivity index (χ2v) is 20.5. The van der Waals surface area contributed by atoms with Crippen molar-refractivity contribution in [1.29, 1.82) is 0 Å². The summed E-state index contributed by atoms with van der Waals surface area (Å²) in [5.41, 5.74) is 0. The summed E-state index contributed by atoms with van der Waals surface area (Å²) in [5, 5.41) is 0.742. The van der Waals surface area contributed by atoms with Crippen LogP contribution in [0.15, 0.2) is 4.79 Å². The van der Waals surface area contributed by atoms with Crippen molar-refractivity contribution in [3.8, 4) is 0 Å². The number of hydrogen-bond donors (Lipinski definition) is 0. The highest BCUT2D eigenvalue weighted by atomic mass is 32.2. The Kier molecular flexibility index (Phi) is 3.95. The van der Waals surface area contributed by atoms with Crippen LogP contribution in [0.4, 0.5) is 0 Å². The SMILES string of the molecule is CC(C)(C)p1c(=O)p(C(C)(C)C)p1C(C)(C)C. The van der Waals surface area contributed by atoms with Gasteiger partial charge in [-0.2, -0.15) is 0 Å². The van der Waals surface area contributed by atoms with E-state index in [0.29, 0.717) is 10.0 Å². The maximum Gasteiger partial charge on any atom is 0.222 e. The van der Waals surface area contributed by atoms with Gasteiger partial charge in [0, 0.05) is 15.5 Å². The first-order chi connectivity index (χ1) is 7.28. The molecule has 1 aromatic rings. The molecule has 1 rings (SSSR count). The van der Waals surface area contributed by atoms with Crippen molar-refractivity contribution in [2.24, 2.45) is 0 Å². The van der Waals surface area contributed by atoms with E-state index in [0.717, 1.165) is 0 Å². The van der Waals surface area contributed by atoms with E-state index < -0.39 is 14.4 Å². The number of hydrogen-bond acceptors (Lipinski definition) is 1. The van der Waals surface area contributed by atoms with Gasteiger partial charge in [-0.05, 0) is 14.4 Å². The van der Waals surface area contributed by atoms with Gasteiger partial charge in [0.25, 0.3) is 0 Å². The largest absolute Gasteiger partial charge is 0.280 e. The molecule has 2 unspecified atom stereocenters. The van der Waals surface area contributed by atoms with Gasteiger partial charge < -0.3 is 0 Å². The zero-order valence-corrected chi connectivity index (χ0v) is 15.4. The van der Waals surface area contributed by atoms with Gasteiger partial charge in [0.15, 0.2) is 0 Å². The highest BCUT2D eigenvalue weighted by molar-refractivity contribution is 8.40. The van der Waals surface area contributed by atoms with Crippen LogP contribution in [-0.4, -0.2) is 0 Å². The summed E-state index contributed by atoms with van der Waals surface area (Å²) in [6.45, 7) is 20.5. The highest BCUT2D eigenvalue weighted by Gasteiger charge is 2.39. The summed E-state index contributed by atoms with van der Waals surface area (Å²) in [7, 11) is -0.801. The molecule has 0 amide bonds. The molecule has 0 aliphatic heterocycles. The topological polar surface area (TPSA) is 17.1 Å². The van der Waals surface area contributed by atoms with Gasteiger partial charge in [-0.25, -0.2) is 0 Å². The number of rotatable bonds is 0. The zero-order valence-electron chi connectivity index (χ0n) is 12.7. The summed E-state index contributed by atoms with van der Waals surface area (Å²) in [6, 6.07) is 0. The van der Waals surface area contributed by atoms with Crippen LogP contribution in [-0.2, 0) is 15.5 Å². The lowest BCUT2D eigenvalue weighted by molar-refractivity contribution is 0.701. The van der Waals surface area contributed by atoms with E-state index >= 15 is 0 Å². The molecule has 1 aromatic heterocycles. The first-order valence-electron chi connectivity index (χ1n) is 6.22. The quantitative estimate of drug-likeness (QED) is 0.550. The lowest BCUT2D eigenvalue weighted by Gasteiger charge is -2.40. The van der Waals surface area contributed by atoms with Crippen LogP contribution in [0.5, 0.6) is 0 Å². The standard InChI is InChI=1S/C13H27OP3/c1-11(2,3)15-10(14)16(12(4,5)6)17(15)13(7,8)9/h1-9H3. The van der Waals surface area contributed by atoms with Crippen LogP contribution >= 0.6 is 21.3 Å². The summed E-state index contributed by atoms with van der Waals surface area (Å²) >= 11 is 0. The Hall–Kier alpha value is 0.570. The fraction of sp³-hybridized carbons (Fsp3) is 0.923. The van der Waals surface area contributed by atoms with E-state index in [4.69, 9.17) is 0 Å². The minimum absolute atomic E-state index is 0.101. The summed E-state index contributed by atoms with van der Waals surface area (Å²) in [4.78, 5) is 13.2. The predicted molar refractivity (Wildman–Crippen MR) is 85.8 cm³/mol. The van der Waals surface area contributed by atoms with Crippen molar-refractivity contribution in [3.63, 3.8) is 0 Å². The van der Waals surface area contributed by atoms with Gasteiger partial charge in [0.1, 0.15) is 0 Å². The van der Waals surface area contributed by atoms with Gasteiger partial charge in [-0.3, -0.25) is 4.79 Å². The molecule has 0 aromatic carbocycles. The molecule has 0 aliphatic carbocycles. The van der Waals surface area contributed by atoms with E-state index in [-0.39, 0.29) is 17.2 Å². The van der Waals surface area contributed by atoms with E-state index in [1.54, 1.807) is 0 Å². The molecular formula is C13H27OP3. The smallest absolute Gasteiger partial charge is 0.222 e. The average molecular weight is 292 g/mol. The third-order valence-electron chi connectivity index (χ3n) is 2.61. The lowest BCUT2D eigenvalue weighted by Crippen LogP contribution is -2.20. The van der Waals surface area contributed by atoms with Crippen LogP contribution in [0.25, 0.3) is 0 Å². The van der Waals surface area contributed by atoms with E-state index in [1.165, 1.54) is 0 Å². The third-order valence-corrected chi connectivity index (χ3v) is 23.8. The minimum atomic E-state index is -0.400. The monoisotopic (exact) mass is 292 g/mol. The van der Waals surface area contributed by atoms with Crippen molar-refractivity contribution in [2.45, 2.75) is 77.8 Å². The molecule has 0 N–H and O–H groups in total. The normalized spacial score (nSPS) is 17.6. The molecule has 4 heteroatoms. The molecule has 0 aliphatic rings. The van der Waals surface area contributed by atoms with Gasteiger partial charge in [-0.1, -0.05) is 69.2 Å². The molecule has 17 heavy (non-hydrogen) atoms. The third kappa shape index (κ3) is 2.94. The van der Waals surface area contributed by atoms with Gasteiger partial charge in [0.05, 0.1) is 0 Å². The van der Waals surface area contributed by atoms with E-state index in [9.17, 15) is 4.79 Å². The maximum absolute atomic E-state index is 12.6. The molecule has 1 heterocycles. The van der Waals surface area contributed by atoms with Crippen molar-refractivity contribution >= 4 is 21.3 Å². The van der Waals surface area contributed by atoms with E-state index in [2.05, 4.69) is 62.3 Å². The zero-order chi connectivity index (χ0) is 13.8. The Morgan fingerprint density at radius 3 is 1.12 bits per heavy atom. The highest BCUT2D eigenvalue weighted by Crippen LogP contribution is 2.80. The van der Waals surface area contributed by atoms with Crippen LogP contribution in [0.2, 0.25) is 0 Å². The Balaban J connectivity index is 3.55. The Morgan fingerprint density at radius 2 is 0.941 bits per heavy atom. The van der Waals surface area contributed by atoms with E-state index in [1.807, 2.05) is 0 Å². The fourth-order valence-electron chi connectivity index (χ4n) is 2.05. The Morgan fingerprint density at radius 1 is 0.647 bits per heavy atom. The molecule has 0 fully saturated rings. The molecule has 1 nitrogen and oxygen atoms in total. The maximum atomic E-state index is 12.6. The molecule has 2 atom stereocenters. The van der Waals surface area contributed by atoms with Crippen LogP contribution < -0.4 is 4.89 Å². The molecule has 0 radical (unpaired) electrons. The van der Waals surface area contributed by atoms with Gasteiger partial charge in [-0.15, -0.1) is 0 Å². The van der Waals surface area contributed by atoms with Crippen molar-refractivity contribution < 1.29 is 0 Å². The Labute approximate surface area is 109 Å². The molecule has 100 valence electrons. The molecule has 0 bridgehead atoms. The summed E-state index contributed by atoms with van der Waals surface area (Å²) in [5.74, 6) is 0. The first-order valence-corrected chi connectivity index (χ1v) is 11.7. The van der Waals surface area contributed by atoms with Gasteiger partial charge >= 0.3 is 0 Å². The van der Waals surface area contributed by atoms with Crippen LogP contribution in [0, 0.1) is 0 Å². The summed E-state index contributed by atoms with van der Waals surface area (Å²) in [6.07, 6.45) is 0. The second kappa shape index (κ2) is 4.30. The van der Waals surface area contributed by atoms with Gasteiger partial charge in [0.2, 0.25) is 4.89 Å². The van der Waals surface area contributed by atoms with Crippen molar-refractivity contribution in [3.05, 3.63) is 9.69 Å². The minimum Gasteiger partial charge on any atom is -0.280 e. The predicted octanol–water partition coefficient (Wildman–Crippen LogP) is 6.27. The van der Waals surface area contributed by atoms with Crippen molar-refractivity contribution in [1.82, 2.24) is 0 Å². The van der Waals surface area contributed by atoms with Crippen molar-refractivity contribution in [2.75, 3.05) is 0 Å². The summed E-state index contributed by atoms with van der Waals surface area (Å²) < 4.78 is 0. The fourth-order valence-corrected chi connectivity index (χ4v) is 25.9. The molecular weight excluding hydrogens is 265 g/mol. The molecule has 0 saturated carbocycles. The average Bonchev–Trinajstić information content (AvgIpc) is 1.90. The molecule has 0 spiro atoms. The second-order valence-electron chi connectivity index (χ2n) is 7.71. The van der Waals surface area contributed by atoms with Crippen LogP contribution in [0.3, 0.4) is 0 Å². The lowest BCUT2D eigenvalue weighted by atomic mass is 10.3. The van der Waals surface area contributed by atoms with Crippen LogP contribution in [0.1, 0.15) is 62.3 Å². The Bertz CT molecular complexity index is 419. The first kappa shape index (κ1) is 15.6.